The van der Waals surface area contributed by atoms with Crippen molar-refractivity contribution in [1.82, 2.24) is 0 Å². The molecule has 1 aliphatic heterocycles. The minimum absolute atomic E-state index is 0.247. The summed E-state index contributed by atoms with van der Waals surface area (Å²) in [5.41, 5.74) is 10.1. The molecule has 3 atom stereocenters. The summed E-state index contributed by atoms with van der Waals surface area (Å²) in [5.74, 6) is 0. The van der Waals surface area contributed by atoms with Crippen LogP contribution in [0.4, 0.5) is 17.1 Å². The third-order valence-corrected chi connectivity index (χ3v) is 4.75. The largest absolute Gasteiger partial charge is 0.399 e. The summed E-state index contributed by atoms with van der Waals surface area (Å²) in [4.78, 5) is 2.43. The Morgan fingerprint density at radius 2 is 1.71 bits per heavy atom. The first-order valence-electron chi connectivity index (χ1n) is 8.63. The molecule has 1 saturated heterocycles. The Balaban J connectivity index is 1.63. The van der Waals surface area contributed by atoms with Gasteiger partial charge in [-0.15, -0.1) is 0 Å². The highest BCUT2D eigenvalue weighted by Gasteiger charge is 2.29. The maximum absolute atomic E-state index is 5.91. The number of anilines is 3. The Morgan fingerprint density at radius 1 is 1.04 bits per heavy atom. The van der Waals surface area contributed by atoms with Gasteiger partial charge in [-0.05, 0) is 62.7 Å². The smallest absolute Gasteiger partial charge is 0.0751 e. The maximum Gasteiger partial charge on any atom is 0.0751 e. The molecule has 0 amide bonds. The van der Waals surface area contributed by atoms with Crippen LogP contribution in [0.5, 0.6) is 0 Å². The number of nitrogens with two attached hydrogens (primary N) is 1. The van der Waals surface area contributed by atoms with Crippen LogP contribution < -0.4 is 16.0 Å². The van der Waals surface area contributed by atoms with E-state index in [0.29, 0.717) is 6.04 Å². The van der Waals surface area contributed by atoms with E-state index in [-0.39, 0.29) is 12.2 Å². The number of nitrogen functional groups attached to an aromatic ring is 1. The fraction of sp³-hybridized carbons (Fsp3) is 0.400. The van der Waals surface area contributed by atoms with Crippen LogP contribution in [0.1, 0.15) is 26.3 Å². The van der Waals surface area contributed by atoms with Gasteiger partial charge in [-0.2, -0.15) is 0 Å². The molecule has 1 aliphatic rings. The van der Waals surface area contributed by atoms with E-state index in [1.807, 2.05) is 12.1 Å². The lowest BCUT2D eigenvalue weighted by atomic mass is 10.1. The molecular weight excluding hydrogens is 298 g/mol. The van der Waals surface area contributed by atoms with Crippen LogP contribution in [0.3, 0.4) is 0 Å². The topological polar surface area (TPSA) is 50.5 Å². The number of benzene rings is 2. The van der Waals surface area contributed by atoms with Gasteiger partial charge in [0.2, 0.25) is 0 Å². The van der Waals surface area contributed by atoms with E-state index < -0.39 is 0 Å². The molecule has 3 N–H and O–H groups in total. The average Bonchev–Trinajstić information content (AvgIpc) is 2.58. The summed E-state index contributed by atoms with van der Waals surface area (Å²) in [7, 11) is 0. The van der Waals surface area contributed by atoms with Crippen molar-refractivity contribution in [3.05, 3.63) is 54.1 Å². The highest BCUT2D eigenvalue weighted by atomic mass is 16.5. The number of rotatable bonds is 4. The molecule has 4 heteroatoms. The van der Waals surface area contributed by atoms with E-state index in [0.717, 1.165) is 24.5 Å². The van der Waals surface area contributed by atoms with Gasteiger partial charge in [-0.1, -0.05) is 12.1 Å². The van der Waals surface area contributed by atoms with E-state index >= 15 is 0 Å². The Morgan fingerprint density at radius 3 is 2.38 bits per heavy atom. The van der Waals surface area contributed by atoms with Crippen LogP contribution in [0.15, 0.2) is 48.5 Å². The normalized spacial score (nSPS) is 24.0. The van der Waals surface area contributed by atoms with Crippen molar-refractivity contribution < 1.29 is 4.74 Å². The standard InChI is InChI=1S/C20H27N3O/c1-14-13-23(15(2)16(3)24-14)20-10-8-19(9-11-20)22-12-17-4-6-18(21)7-5-17/h4-11,14-16,22H,12-13,21H2,1-3H3/t14-,15?,16+/m0/s1. The number of hydrogen-bond acceptors (Lipinski definition) is 4. The molecule has 2 aromatic carbocycles. The zero-order valence-corrected chi connectivity index (χ0v) is 14.7. The predicted octanol–water partition coefficient (Wildman–Crippen LogP) is 3.88. The zero-order valence-electron chi connectivity index (χ0n) is 14.7. The Hall–Kier alpha value is -2.20. The maximum atomic E-state index is 5.91. The summed E-state index contributed by atoms with van der Waals surface area (Å²) in [5, 5.41) is 3.46. The molecule has 0 aliphatic carbocycles. The van der Waals surface area contributed by atoms with Crippen molar-refractivity contribution >= 4 is 17.1 Å². The van der Waals surface area contributed by atoms with Crippen molar-refractivity contribution in [2.24, 2.45) is 0 Å². The number of hydrogen-bond donors (Lipinski definition) is 2. The summed E-state index contributed by atoms with van der Waals surface area (Å²) < 4.78 is 5.91. The lowest BCUT2D eigenvalue weighted by Crippen LogP contribution is -2.51. The van der Waals surface area contributed by atoms with E-state index in [1.54, 1.807) is 0 Å². The Kier molecular flexibility index (Phi) is 4.95. The highest BCUT2D eigenvalue weighted by Crippen LogP contribution is 2.26. The number of ether oxygens (including phenoxy) is 1. The van der Waals surface area contributed by atoms with Gasteiger partial charge in [-0.3, -0.25) is 0 Å². The van der Waals surface area contributed by atoms with E-state index in [1.165, 1.54) is 11.3 Å². The fourth-order valence-corrected chi connectivity index (χ4v) is 3.17. The first-order valence-corrected chi connectivity index (χ1v) is 8.63. The first-order chi connectivity index (χ1) is 11.5. The van der Waals surface area contributed by atoms with Crippen LogP contribution in [0.25, 0.3) is 0 Å². The van der Waals surface area contributed by atoms with Crippen molar-refractivity contribution in [3.63, 3.8) is 0 Å². The molecular formula is C20H27N3O. The molecule has 0 bridgehead atoms. The molecule has 1 fully saturated rings. The lowest BCUT2D eigenvalue weighted by Gasteiger charge is -2.42. The van der Waals surface area contributed by atoms with Crippen LogP contribution in [0, 0.1) is 0 Å². The van der Waals surface area contributed by atoms with Gasteiger partial charge in [0.05, 0.1) is 18.2 Å². The van der Waals surface area contributed by atoms with E-state index in [2.05, 4.69) is 67.4 Å². The number of nitrogens with one attached hydrogen (secondary N) is 1. The van der Waals surface area contributed by atoms with Gasteiger partial charge in [0, 0.05) is 30.2 Å². The van der Waals surface area contributed by atoms with Gasteiger partial charge >= 0.3 is 0 Å². The van der Waals surface area contributed by atoms with Gasteiger partial charge in [0.1, 0.15) is 0 Å². The molecule has 128 valence electrons. The monoisotopic (exact) mass is 325 g/mol. The zero-order chi connectivity index (χ0) is 17.1. The molecule has 0 spiro atoms. The van der Waals surface area contributed by atoms with Crippen molar-refractivity contribution in [1.29, 1.82) is 0 Å². The summed E-state index contributed by atoms with van der Waals surface area (Å²) in [6.07, 6.45) is 0.511. The molecule has 0 radical (unpaired) electrons. The first kappa shape index (κ1) is 16.7. The minimum atomic E-state index is 0.247. The third-order valence-electron chi connectivity index (χ3n) is 4.75. The molecule has 1 heterocycles. The third kappa shape index (κ3) is 3.82. The van der Waals surface area contributed by atoms with Crippen LogP contribution in [0.2, 0.25) is 0 Å². The predicted molar refractivity (Wildman–Crippen MR) is 101 cm³/mol. The lowest BCUT2D eigenvalue weighted by molar-refractivity contribution is -0.0257. The second kappa shape index (κ2) is 7.14. The second-order valence-electron chi connectivity index (χ2n) is 6.69. The molecule has 0 saturated carbocycles. The van der Waals surface area contributed by atoms with Crippen molar-refractivity contribution in [2.75, 3.05) is 22.5 Å². The minimum Gasteiger partial charge on any atom is -0.399 e. The van der Waals surface area contributed by atoms with Crippen molar-refractivity contribution in [3.8, 4) is 0 Å². The summed E-state index contributed by atoms with van der Waals surface area (Å²) in [6, 6.07) is 17.0. The quantitative estimate of drug-likeness (QED) is 0.838. The fourth-order valence-electron chi connectivity index (χ4n) is 3.17. The molecule has 3 rings (SSSR count). The van der Waals surface area contributed by atoms with Crippen LogP contribution >= 0.6 is 0 Å². The SMILES string of the molecule is CC1[C@@H](C)O[C@@H](C)CN1c1ccc(NCc2ccc(N)cc2)cc1. The van der Waals surface area contributed by atoms with Gasteiger partial charge < -0.3 is 20.7 Å². The average molecular weight is 325 g/mol. The van der Waals surface area contributed by atoms with Crippen LogP contribution in [-0.4, -0.2) is 24.8 Å². The molecule has 24 heavy (non-hydrogen) atoms. The summed E-state index contributed by atoms with van der Waals surface area (Å²) in [6.45, 7) is 8.24. The Labute approximate surface area is 144 Å². The summed E-state index contributed by atoms with van der Waals surface area (Å²) >= 11 is 0. The second-order valence-corrected chi connectivity index (χ2v) is 6.69. The number of nitrogens with zero attached hydrogens (tertiary/aromatic N) is 1. The van der Waals surface area contributed by atoms with E-state index in [4.69, 9.17) is 10.5 Å². The Bertz CT molecular complexity index is 654. The molecule has 4 nitrogen and oxygen atoms in total. The molecule has 1 unspecified atom stereocenters. The van der Waals surface area contributed by atoms with Gasteiger partial charge in [0.25, 0.3) is 0 Å². The molecule has 0 aromatic heterocycles. The highest BCUT2D eigenvalue weighted by molar-refractivity contribution is 5.56. The van der Waals surface area contributed by atoms with Crippen molar-refractivity contribution in [2.45, 2.75) is 45.6 Å². The molecule has 2 aromatic rings. The van der Waals surface area contributed by atoms with Gasteiger partial charge in [0.15, 0.2) is 0 Å². The van der Waals surface area contributed by atoms with E-state index in [9.17, 15) is 0 Å². The van der Waals surface area contributed by atoms with Gasteiger partial charge in [-0.25, -0.2) is 0 Å². The van der Waals surface area contributed by atoms with Crippen LogP contribution in [-0.2, 0) is 11.3 Å². The number of morpholine rings is 1.